The number of nitrogens with zero attached hydrogens (tertiary/aromatic N) is 1. The summed E-state index contributed by atoms with van der Waals surface area (Å²) in [4.78, 5) is 13.9. The molecule has 0 spiro atoms. The lowest BCUT2D eigenvalue weighted by molar-refractivity contribution is 0.0934. The Balaban J connectivity index is 2.77. The van der Waals surface area contributed by atoms with Crippen LogP contribution in [0.5, 0.6) is 0 Å². The lowest BCUT2D eigenvalue weighted by Gasteiger charge is -2.18. The maximum Gasteiger partial charge on any atom is 0.251 e. The maximum absolute atomic E-state index is 13.7. The lowest BCUT2D eigenvalue weighted by Crippen LogP contribution is -2.39. The van der Waals surface area contributed by atoms with Gasteiger partial charge in [0.2, 0.25) is 0 Å². The average Bonchev–Trinajstić information content (AvgIpc) is 2.36. The summed E-state index contributed by atoms with van der Waals surface area (Å²) in [5, 5.41) is 11.4. The summed E-state index contributed by atoms with van der Waals surface area (Å²) in [7, 11) is 3.83. The highest BCUT2D eigenvalue weighted by atomic mass is 19.1. The van der Waals surface area contributed by atoms with Crippen LogP contribution in [0, 0.1) is 17.7 Å². The van der Waals surface area contributed by atoms with Gasteiger partial charge in [0.25, 0.3) is 5.91 Å². The van der Waals surface area contributed by atoms with Gasteiger partial charge < -0.3 is 15.3 Å². The van der Waals surface area contributed by atoms with E-state index < -0.39 is 5.82 Å². The molecule has 1 atom stereocenters. The Bertz CT molecular complexity index is 532. The highest BCUT2D eigenvalue weighted by Gasteiger charge is 2.12. The predicted molar refractivity (Wildman–Crippen MR) is 75.8 cm³/mol. The smallest absolute Gasteiger partial charge is 0.251 e. The van der Waals surface area contributed by atoms with Crippen molar-refractivity contribution in [3.8, 4) is 11.8 Å². The molecule has 4 nitrogen and oxygen atoms in total. The first kappa shape index (κ1) is 16.2. The molecule has 0 aliphatic carbocycles. The van der Waals surface area contributed by atoms with Gasteiger partial charge in [0, 0.05) is 18.2 Å². The van der Waals surface area contributed by atoms with Gasteiger partial charge in [0.05, 0.1) is 5.56 Å². The molecule has 1 aromatic carbocycles. The van der Waals surface area contributed by atoms with E-state index in [-0.39, 0.29) is 29.7 Å². The number of carbonyl (C=O) groups is 1. The minimum absolute atomic E-state index is 0.0329. The Labute approximate surface area is 118 Å². The fraction of sp³-hybridized carbons (Fsp3) is 0.400. The zero-order valence-corrected chi connectivity index (χ0v) is 11.9. The summed E-state index contributed by atoms with van der Waals surface area (Å²) in [6.45, 7) is 2.26. The zero-order chi connectivity index (χ0) is 15.1. The molecule has 0 fully saturated rings. The van der Waals surface area contributed by atoms with Crippen molar-refractivity contribution in [3.63, 3.8) is 0 Å². The van der Waals surface area contributed by atoms with Crippen LogP contribution in [0.2, 0.25) is 0 Å². The van der Waals surface area contributed by atoms with Gasteiger partial charge in [-0.2, -0.15) is 0 Å². The molecule has 0 saturated heterocycles. The van der Waals surface area contributed by atoms with Crippen molar-refractivity contribution in [2.75, 3.05) is 27.2 Å². The second-order valence-corrected chi connectivity index (χ2v) is 4.79. The quantitative estimate of drug-likeness (QED) is 0.803. The monoisotopic (exact) mass is 278 g/mol. The number of aliphatic hydroxyl groups excluding tert-OH is 1. The molecular formula is C15H19FN2O2. The summed E-state index contributed by atoms with van der Waals surface area (Å²) in [5.41, 5.74) is 0.416. The first-order valence-corrected chi connectivity index (χ1v) is 6.29. The molecule has 0 aliphatic heterocycles. The fourth-order valence-electron chi connectivity index (χ4n) is 1.79. The van der Waals surface area contributed by atoms with Crippen molar-refractivity contribution in [3.05, 3.63) is 35.1 Å². The van der Waals surface area contributed by atoms with E-state index in [1.54, 1.807) is 0 Å². The first-order chi connectivity index (χ1) is 9.43. The largest absolute Gasteiger partial charge is 0.384 e. The van der Waals surface area contributed by atoms with Crippen molar-refractivity contribution in [2.24, 2.45) is 0 Å². The van der Waals surface area contributed by atoms with E-state index in [4.69, 9.17) is 5.11 Å². The number of nitrogens with one attached hydrogen (secondary N) is 1. The normalized spacial score (nSPS) is 11.7. The van der Waals surface area contributed by atoms with Crippen LogP contribution < -0.4 is 5.32 Å². The van der Waals surface area contributed by atoms with Crippen LogP contribution in [-0.2, 0) is 0 Å². The number of rotatable bonds is 4. The summed E-state index contributed by atoms with van der Waals surface area (Å²) >= 11 is 0. The molecule has 0 aliphatic rings. The number of hydrogen-bond donors (Lipinski definition) is 2. The molecule has 108 valence electrons. The van der Waals surface area contributed by atoms with Gasteiger partial charge >= 0.3 is 0 Å². The molecular weight excluding hydrogens is 259 g/mol. The van der Waals surface area contributed by atoms with E-state index in [0.717, 1.165) is 6.07 Å². The Kier molecular flexibility index (Phi) is 6.16. The average molecular weight is 278 g/mol. The molecule has 2 N–H and O–H groups in total. The minimum atomic E-state index is -0.570. The molecule has 0 bridgehead atoms. The molecule has 5 heteroatoms. The van der Waals surface area contributed by atoms with Crippen LogP contribution >= 0.6 is 0 Å². The van der Waals surface area contributed by atoms with E-state index >= 15 is 0 Å². The number of carbonyl (C=O) groups excluding carboxylic acids is 1. The summed E-state index contributed by atoms with van der Waals surface area (Å²) < 4.78 is 13.7. The molecule has 1 amide bonds. The summed E-state index contributed by atoms with van der Waals surface area (Å²) in [6.07, 6.45) is 0. The highest BCUT2D eigenvalue weighted by Crippen LogP contribution is 2.09. The third-order valence-corrected chi connectivity index (χ3v) is 2.55. The van der Waals surface area contributed by atoms with Crippen LogP contribution in [0.25, 0.3) is 0 Å². The second kappa shape index (κ2) is 7.63. The van der Waals surface area contributed by atoms with Gasteiger partial charge in [-0.3, -0.25) is 4.79 Å². The van der Waals surface area contributed by atoms with Gasteiger partial charge in [-0.25, -0.2) is 4.39 Å². The van der Waals surface area contributed by atoms with Crippen molar-refractivity contribution < 1.29 is 14.3 Å². The van der Waals surface area contributed by atoms with E-state index in [2.05, 4.69) is 17.2 Å². The summed E-state index contributed by atoms with van der Waals surface area (Å²) in [5.74, 6) is 3.96. The predicted octanol–water partition coefficient (Wildman–Crippen LogP) is 0.849. The molecule has 0 heterocycles. The van der Waals surface area contributed by atoms with Gasteiger partial charge in [0.1, 0.15) is 12.4 Å². The molecule has 20 heavy (non-hydrogen) atoms. The molecule has 1 rings (SSSR count). The van der Waals surface area contributed by atoms with Gasteiger partial charge in [-0.1, -0.05) is 11.8 Å². The first-order valence-electron chi connectivity index (χ1n) is 6.29. The number of hydrogen-bond acceptors (Lipinski definition) is 3. The SMILES string of the molecule is CC(CN(C)C)NC(=O)c1ccc(C#CCO)c(F)c1. The Morgan fingerprint density at radius 1 is 1.50 bits per heavy atom. The second-order valence-electron chi connectivity index (χ2n) is 4.79. The fourth-order valence-corrected chi connectivity index (χ4v) is 1.79. The van der Waals surface area contributed by atoms with Gasteiger partial charge in [-0.15, -0.1) is 0 Å². The molecule has 0 aromatic heterocycles. The molecule has 1 aromatic rings. The van der Waals surface area contributed by atoms with Crippen molar-refractivity contribution >= 4 is 5.91 Å². The van der Waals surface area contributed by atoms with E-state index in [0.29, 0.717) is 6.54 Å². The van der Waals surface area contributed by atoms with E-state index in [1.165, 1.54) is 12.1 Å². The third-order valence-electron chi connectivity index (χ3n) is 2.55. The van der Waals surface area contributed by atoms with Crippen molar-refractivity contribution in [1.82, 2.24) is 10.2 Å². The van der Waals surface area contributed by atoms with Crippen LogP contribution in [-0.4, -0.2) is 49.2 Å². The Morgan fingerprint density at radius 2 is 2.20 bits per heavy atom. The topological polar surface area (TPSA) is 52.6 Å². The number of halogens is 1. The van der Waals surface area contributed by atoms with Crippen LogP contribution in [0.15, 0.2) is 18.2 Å². The van der Waals surface area contributed by atoms with Crippen molar-refractivity contribution in [2.45, 2.75) is 13.0 Å². The molecule has 0 saturated carbocycles. The zero-order valence-electron chi connectivity index (χ0n) is 11.9. The third kappa shape index (κ3) is 5.00. The Hall–Kier alpha value is -1.90. The van der Waals surface area contributed by atoms with Crippen LogP contribution in [0.4, 0.5) is 4.39 Å². The Morgan fingerprint density at radius 3 is 2.75 bits per heavy atom. The van der Waals surface area contributed by atoms with Crippen LogP contribution in [0.1, 0.15) is 22.8 Å². The van der Waals surface area contributed by atoms with E-state index in [9.17, 15) is 9.18 Å². The number of likely N-dealkylation sites (N-methyl/N-ethyl adjacent to an activating group) is 1. The molecule has 1 unspecified atom stereocenters. The lowest BCUT2D eigenvalue weighted by atomic mass is 10.1. The maximum atomic E-state index is 13.7. The van der Waals surface area contributed by atoms with Gasteiger partial charge in [-0.05, 0) is 39.2 Å². The molecule has 0 radical (unpaired) electrons. The number of benzene rings is 1. The van der Waals surface area contributed by atoms with Gasteiger partial charge in [0.15, 0.2) is 0 Å². The number of aliphatic hydroxyl groups is 1. The standard InChI is InChI=1S/C15H19FN2O2/c1-11(10-18(2)3)17-15(20)13-7-6-12(5-4-8-19)14(16)9-13/h6-7,9,11,19H,8,10H2,1-3H3,(H,17,20). The number of amides is 1. The highest BCUT2D eigenvalue weighted by molar-refractivity contribution is 5.94. The van der Waals surface area contributed by atoms with Crippen LogP contribution in [0.3, 0.4) is 0 Å². The van der Waals surface area contributed by atoms with Crippen molar-refractivity contribution in [1.29, 1.82) is 0 Å². The minimum Gasteiger partial charge on any atom is -0.384 e. The summed E-state index contributed by atoms with van der Waals surface area (Å²) in [6, 6.07) is 4.07. The van der Waals surface area contributed by atoms with E-state index in [1.807, 2.05) is 25.9 Å².